The summed E-state index contributed by atoms with van der Waals surface area (Å²) in [6.45, 7) is 1.92. The first-order valence-electron chi connectivity index (χ1n) is 5.78. The number of carboxylic acid groups (broad SMARTS) is 1. The molecule has 19 heavy (non-hydrogen) atoms. The van der Waals surface area contributed by atoms with E-state index in [1.165, 1.54) is 6.07 Å². The molecule has 3 aromatic rings. The van der Waals surface area contributed by atoms with E-state index in [1.54, 1.807) is 29.1 Å². The van der Waals surface area contributed by atoms with Gasteiger partial charge in [0, 0.05) is 0 Å². The highest BCUT2D eigenvalue weighted by Crippen LogP contribution is 2.22. The Balaban J connectivity index is 2.13. The molecule has 1 unspecified atom stereocenters. The van der Waals surface area contributed by atoms with Crippen molar-refractivity contribution in [3.63, 3.8) is 0 Å². The van der Waals surface area contributed by atoms with Crippen LogP contribution in [0.15, 0.2) is 41.0 Å². The van der Waals surface area contributed by atoms with Crippen LogP contribution < -0.4 is 0 Å². The normalized spacial score (nSPS) is 12.7. The van der Waals surface area contributed by atoms with Crippen molar-refractivity contribution in [3.8, 4) is 0 Å². The van der Waals surface area contributed by atoms with Crippen LogP contribution in [-0.2, 0) is 0 Å². The molecule has 3 rings (SSSR count). The number of rotatable bonds is 3. The van der Waals surface area contributed by atoms with Gasteiger partial charge in [-0.15, -0.1) is 5.10 Å². The highest BCUT2D eigenvalue weighted by molar-refractivity contribution is 5.92. The van der Waals surface area contributed by atoms with Gasteiger partial charge in [0.15, 0.2) is 0 Å². The minimum Gasteiger partial charge on any atom is -0.478 e. The second kappa shape index (κ2) is 4.24. The largest absolute Gasteiger partial charge is 0.478 e. The molecule has 0 bridgehead atoms. The minimum absolute atomic E-state index is 0.149. The molecule has 0 fully saturated rings. The average molecular weight is 257 g/mol. The molecule has 2 aromatic heterocycles. The molecule has 6 nitrogen and oxygen atoms in total. The molecule has 0 spiro atoms. The molecule has 0 amide bonds. The lowest BCUT2D eigenvalue weighted by Crippen LogP contribution is -2.08. The molecule has 1 aromatic carbocycles. The summed E-state index contributed by atoms with van der Waals surface area (Å²) in [5.74, 6) is -0.229. The van der Waals surface area contributed by atoms with Crippen LogP contribution in [0.3, 0.4) is 0 Å². The molecular weight excluding hydrogens is 246 g/mol. The summed E-state index contributed by atoms with van der Waals surface area (Å²) in [4.78, 5) is 11.0. The maximum absolute atomic E-state index is 11.0. The van der Waals surface area contributed by atoms with Gasteiger partial charge in [-0.3, -0.25) is 0 Å². The highest BCUT2D eigenvalue weighted by Gasteiger charge is 2.16. The first kappa shape index (κ1) is 11.5. The zero-order valence-corrected chi connectivity index (χ0v) is 10.1. The van der Waals surface area contributed by atoms with Crippen LogP contribution in [0.1, 0.15) is 29.1 Å². The number of hydrogen-bond acceptors (Lipinski definition) is 4. The number of benzene rings is 1. The smallest absolute Gasteiger partial charge is 0.335 e. The fourth-order valence-corrected chi connectivity index (χ4v) is 2.00. The zero-order chi connectivity index (χ0) is 13.4. The molecule has 1 atom stereocenters. The summed E-state index contributed by atoms with van der Waals surface area (Å²) in [6.07, 6.45) is 1.59. The lowest BCUT2D eigenvalue weighted by molar-refractivity contribution is 0.0697. The molecule has 0 aliphatic rings. The third-order valence-corrected chi connectivity index (χ3v) is 3.04. The summed E-state index contributed by atoms with van der Waals surface area (Å²) >= 11 is 0. The summed E-state index contributed by atoms with van der Waals surface area (Å²) in [6, 6.07) is 8.23. The van der Waals surface area contributed by atoms with Gasteiger partial charge >= 0.3 is 5.97 Å². The first-order chi connectivity index (χ1) is 9.16. The van der Waals surface area contributed by atoms with Gasteiger partial charge in [-0.2, -0.15) is 0 Å². The average Bonchev–Trinajstić information content (AvgIpc) is 3.06. The fourth-order valence-electron chi connectivity index (χ4n) is 2.00. The van der Waals surface area contributed by atoms with Crippen LogP contribution in [0.4, 0.5) is 0 Å². The Hall–Kier alpha value is -2.63. The Morgan fingerprint density at radius 2 is 2.26 bits per heavy atom. The lowest BCUT2D eigenvalue weighted by atomic mass is 10.2. The van der Waals surface area contributed by atoms with Crippen LogP contribution in [0.2, 0.25) is 0 Å². The Kier molecular flexibility index (Phi) is 2.56. The number of aromatic carboxylic acids is 1. The number of nitrogens with zero attached hydrogens (tertiary/aromatic N) is 3. The minimum atomic E-state index is -0.972. The van der Waals surface area contributed by atoms with E-state index in [0.29, 0.717) is 11.0 Å². The van der Waals surface area contributed by atoms with E-state index in [9.17, 15) is 4.79 Å². The maximum atomic E-state index is 11.0. The number of fused-ring (bicyclic) bond motifs is 1. The van der Waals surface area contributed by atoms with Crippen LogP contribution in [0.5, 0.6) is 0 Å². The molecule has 0 saturated heterocycles. The van der Waals surface area contributed by atoms with Gasteiger partial charge < -0.3 is 9.52 Å². The van der Waals surface area contributed by atoms with Crippen molar-refractivity contribution in [1.29, 1.82) is 0 Å². The van der Waals surface area contributed by atoms with Crippen molar-refractivity contribution in [2.45, 2.75) is 13.0 Å². The molecular formula is C13H11N3O3. The van der Waals surface area contributed by atoms with E-state index in [4.69, 9.17) is 9.52 Å². The third kappa shape index (κ3) is 1.87. The van der Waals surface area contributed by atoms with Gasteiger partial charge in [0.1, 0.15) is 17.3 Å². The van der Waals surface area contributed by atoms with Crippen LogP contribution in [0.25, 0.3) is 11.0 Å². The van der Waals surface area contributed by atoms with Crippen molar-refractivity contribution in [1.82, 2.24) is 15.0 Å². The number of aromatic nitrogens is 3. The fraction of sp³-hybridized carbons (Fsp3) is 0.154. The van der Waals surface area contributed by atoms with Gasteiger partial charge in [0.2, 0.25) is 0 Å². The van der Waals surface area contributed by atoms with E-state index in [0.717, 1.165) is 5.76 Å². The van der Waals surface area contributed by atoms with Crippen molar-refractivity contribution >= 4 is 17.0 Å². The molecule has 2 heterocycles. The van der Waals surface area contributed by atoms with E-state index < -0.39 is 5.97 Å². The molecule has 0 saturated carbocycles. The predicted molar refractivity (Wildman–Crippen MR) is 67.0 cm³/mol. The number of hydrogen-bond donors (Lipinski definition) is 1. The quantitative estimate of drug-likeness (QED) is 0.778. The lowest BCUT2D eigenvalue weighted by Gasteiger charge is -2.09. The van der Waals surface area contributed by atoms with E-state index in [1.807, 2.05) is 13.0 Å². The third-order valence-electron chi connectivity index (χ3n) is 3.04. The predicted octanol–water partition coefficient (Wildman–Crippen LogP) is 2.33. The van der Waals surface area contributed by atoms with Crippen molar-refractivity contribution in [2.75, 3.05) is 0 Å². The number of carboxylic acids is 1. The Labute approximate surface area is 108 Å². The number of furan rings is 1. The highest BCUT2D eigenvalue weighted by atomic mass is 16.4. The summed E-state index contributed by atoms with van der Waals surface area (Å²) < 4.78 is 6.99. The van der Waals surface area contributed by atoms with E-state index in [-0.39, 0.29) is 11.6 Å². The monoisotopic (exact) mass is 257 g/mol. The van der Waals surface area contributed by atoms with Crippen LogP contribution >= 0.6 is 0 Å². The van der Waals surface area contributed by atoms with Crippen molar-refractivity contribution in [3.05, 3.63) is 47.9 Å². The van der Waals surface area contributed by atoms with Gasteiger partial charge in [0.25, 0.3) is 0 Å². The van der Waals surface area contributed by atoms with Crippen molar-refractivity contribution < 1.29 is 14.3 Å². The van der Waals surface area contributed by atoms with E-state index in [2.05, 4.69) is 10.3 Å². The standard InChI is InChI=1S/C13H11N3O3/c1-8(12-3-2-6-19-12)16-11-7-9(13(17)18)4-5-10(11)14-15-16/h2-8H,1H3,(H,17,18). The SMILES string of the molecule is CC(c1ccco1)n1nnc2ccc(C(=O)O)cc21. The summed E-state index contributed by atoms with van der Waals surface area (Å²) in [5.41, 5.74) is 1.54. The maximum Gasteiger partial charge on any atom is 0.335 e. The van der Waals surface area contributed by atoms with Gasteiger partial charge in [-0.25, -0.2) is 9.48 Å². The zero-order valence-electron chi connectivity index (χ0n) is 10.1. The topological polar surface area (TPSA) is 81.2 Å². The molecule has 6 heteroatoms. The summed E-state index contributed by atoms with van der Waals surface area (Å²) in [5, 5.41) is 17.1. The first-order valence-corrected chi connectivity index (χ1v) is 5.78. The molecule has 0 radical (unpaired) electrons. The van der Waals surface area contributed by atoms with Gasteiger partial charge in [0.05, 0.1) is 17.3 Å². The summed E-state index contributed by atoms with van der Waals surface area (Å²) in [7, 11) is 0. The Bertz CT molecular complexity index is 731. The second-order valence-electron chi connectivity index (χ2n) is 4.23. The molecule has 96 valence electrons. The molecule has 0 aliphatic heterocycles. The Morgan fingerprint density at radius 1 is 1.42 bits per heavy atom. The van der Waals surface area contributed by atoms with Crippen LogP contribution in [-0.4, -0.2) is 26.1 Å². The van der Waals surface area contributed by atoms with Gasteiger partial charge in [-0.1, -0.05) is 5.21 Å². The number of carbonyl (C=O) groups is 1. The van der Waals surface area contributed by atoms with Crippen LogP contribution in [0, 0.1) is 0 Å². The molecule has 1 N–H and O–H groups in total. The second-order valence-corrected chi connectivity index (χ2v) is 4.23. The van der Waals surface area contributed by atoms with Gasteiger partial charge in [-0.05, 0) is 37.3 Å². The molecule has 0 aliphatic carbocycles. The van der Waals surface area contributed by atoms with E-state index >= 15 is 0 Å². The van der Waals surface area contributed by atoms with Crippen molar-refractivity contribution in [2.24, 2.45) is 0 Å². The Morgan fingerprint density at radius 3 is 2.95 bits per heavy atom.